The topological polar surface area (TPSA) is 67.4 Å². The number of carbonyl (C=O) groups is 2. The van der Waals surface area contributed by atoms with Gasteiger partial charge >= 0.3 is 6.03 Å². The van der Waals surface area contributed by atoms with Crippen LogP contribution < -0.4 is 15.4 Å². The second kappa shape index (κ2) is 6.43. The lowest BCUT2D eigenvalue weighted by Crippen LogP contribution is -2.44. The van der Waals surface area contributed by atoms with Gasteiger partial charge in [-0.05, 0) is 26.3 Å². The zero-order valence-corrected chi connectivity index (χ0v) is 12.5. The molecule has 2 amide bonds. The minimum atomic E-state index is -0.482. The highest BCUT2D eigenvalue weighted by atomic mass is 16.5. The molecule has 2 N–H and O–H groups in total. The van der Waals surface area contributed by atoms with Crippen LogP contribution in [0.25, 0.3) is 0 Å². The Morgan fingerprint density at radius 2 is 2.05 bits per heavy atom. The maximum absolute atomic E-state index is 11.9. The van der Waals surface area contributed by atoms with E-state index in [2.05, 4.69) is 10.6 Å². The predicted molar refractivity (Wildman–Crippen MR) is 80.0 cm³/mol. The number of benzene rings is 1. The minimum Gasteiger partial charge on any atom is -0.493 e. The van der Waals surface area contributed by atoms with Crippen LogP contribution in [0.4, 0.5) is 4.79 Å². The normalized spacial score (nSPS) is 18.0. The van der Waals surface area contributed by atoms with Gasteiger partial charge in [0, 0.05) is 16.8 Å². The van der Waals surface area contributed by atoms with Gasteiger partial charge in [0.15, 0.2) is 5.78 Å². The van der Waals surface area contributed by atoms with Gasteiger partial charge in [-0.3, -0.25) is 4.79 Å². The van der Waals surface area contributed by atoms with Crippen LogP contribution in [0.2, 0.25) is 0 Å². The first-order chi connectivity index (χ1) is 10.0. The minimum absolute atomic E-state index is 0.0738. The van der Waals surface area contributed by atoms with E-state index in [0.29, 0.717) is 23.6 Å². The number of hydrogen-bond acceptors (Lipinski definition) is 3. The first kappa shape index (κ1) is 15.1. The van der Waals surface area contributed by atoms with Crippen molar-refractivity contribution in [2.24, 2.45) is 0 Å². The number of nitrogens with one attached hydrogen (secondary N) is 2. The molecule has 1 aliphatic heterocycles. The van der Waals surface area contributed by atoms with E-state index in [0.717, 1.165) is 12.0 Å². The lowest BCUT2D eigenvalue weighted by atomic mass is 9.92. The highest BCUT2D eigenvalue weighted by molar-refractivity contribution is 5.98. The summed E-state index contributed by atoms with van der Waals surface area (Å²) in [5, 5.41) is 5.44. The molecule has 0 fully saturated rings. The van der Waals surface area contributed by atoms with Crippen molar-refractivity contribution in [1.29, 1.82) is 0 Å². The molecular weight excluding hydrogens is 268 g/mol. The number of para-hydroxylation sites is 1. The van der Waals surface area contributed by atoms with Crippen molar-refractivity contribution in [3.05, 3.63) is 41.1 Å². The van der Waals surface area contributed by atoms with Crippen LogP contribution in [0.1, 0.15) is 38.8 Å². The fourth-order valence-electron chi connectivity index (χ4n) is 2.46. The van der Waals surface area contributed by atoms with Crippen molar-refractivity contribution in [1.82, 2.24) is 10.6 Å². The summed E-state index contributed by atoms with van der Waals surface area (Å²) in [5.74, 6) is 0.619. The van der Waals surface area contributed by atoms with E-state index in [1.54, 1.807) is 6.92 Å². The van der Waals surface area contributed by atoms with Crippen LogP contribution >= 0.6 is 0 Å². The molecule has 0 aromatic heterocycles. The number of hydrogen-bond donors (Lipinski definition) is 2. The van der Waals surface area contributed by atoms with Crippen molar-refractivity contribution in [3.8, 4) is 5.75 Å². The Kier molecular flexibility index (Phi) is 4.62. The molecule has 0 saturated heterocycles. The third-order valence-electron chi connectivity index (χ3n) is 3.34. The van der Waals surface area contributed by atoms with Gasteiger partial charge in [-0.2, -0.15) is 0 Å². The first-order valence-corrected chi connectivity index (χ1v) is 7.05. The predicted octanol–water partition coefficient (Wildman–Crippen LogP) is 2.69. The zero-order chi connectivity index (χ0) is 15.4. The molecule has 0 saturated carbocycles. The second-order valence-corrected chi connectivity index (χ2v) is 5.01. The molecule has 2 rings (SSSR count). The molecule has 5 nitrogen and oxygen atoms in total. The van der Waals surface area contributed by atoms with Crippen molar-refractivity contribution in [3.63, 3.8) is 0 Å². The molecule has 1 heterocycles. The van der Waals surface area contributed by atoms with Crippen LogP contribution in [-0.4, -0.2) is 18.4 Å². The monoisotopic (exact) mass is 288 g/mol. The first-order valence-electron chi connectivity index (χ1n) is 7.05. The number of ketones is 1. The number of ether oxygens (including phenoxy) is 1. The van der Waals surface area contributed by atoms with Crippen molar-refractivity contribution in [2.75, 3.05) is 6.61 Å². The summed E-state index contributed by atoms with van der Waals surface area (Å²) in [6.07, 6.45) is 0.890. The number of rotatable bonds is 5. The van der Waals surface area contributed by atoms with Crippen LogP contribution in [-0.2, 0) is 4.79 Å². The van der Waals surface area contributed by atoms with E-state index in [4.69, 9.17) is 4.74 Å². The van der Waals surface area contributed by atoms with Gasteiger partial charge in [-0.1, -0.05) is 25.1 Å². The third-order valence-corrected chi connectivity index (χ3v) is 3.34. The van der Waals surface area contributed by atoms with Crippen molar-refractivity contribution in [2.45, 2.75) is 33.2 Å². The number of allylic oxidation sites excluding steroid dienone is 1. The van der Waals surface area contributed by atoms with Crippen molar-refractivity contribution < 1.29 is 14.3 Å². The summed E-state index contributed by atoms with van der Waals surface area (Å²) in [4.78, 5) is 23.7. The van der Waals surface area contributed by atoms with Gasteiger partial charge < -0.3 is 15.4 Å². The van der Waals surface area contributed by atoms with E-state index in [9.17, 15) is 9.59 Å². The average molecular weight is 288 g/mol. The molecule has 1 aromatic carbocycles. The molecule has 112 valence electrons. The molecule has 0 unspecified atom stereocenters. The molecule has 1 aromatic rings. The fourth-order valence-corrected chi connectivity index (χ4v) is 2.46. The van der Waals surface area contributed by atoms with Gasteiger partial charge in [-0.15, -0.1) is 0 Å². The van der Waals surface area contributed by atoms with Gasteiger partial charge in [0.05, 0.1) is 12.6 Å². The highest BCUT2D eigenvalue weighted by Gasteiger charge is 2.30. The molecule has 0 bridgehead atoms. The average Bonchev–Trinajstić information content (AvgIpc) is 2.44. The Morgan fingerprint density at radius 3 is 2.71 bits per heavy atom. The Balaban J connectivity index is 2.46. The molecule has 5 heteroatoms. The van der Waals surface area contributed by atoms with Crippen LogP contribution in [0.15, 0.2) is 35.5 Å². The van der Waals surface area contributed by atoms with Gasteiger partial charge in [0.25, 0.3) is 0 Å². The lowest BCUT2D eigenvalue weighted by Gasteiger charge is -2.29. The van der Waals surface area contributed by atoms with Gasteiger partial charge in [0.1, 0.15) is 5.75 Å². The maximum atomic E-state index is 11.9. The third kappa shape index (κ3) is 3.24. The summed E-state index contributed by atoms with van der Waals surface area (Å²) in [6, 6.07) is 6.68. The van der Waals surface area contributed by atoms with E-state index in [1.807, 2.05) is 31.2 Å². The highest BCUT2D eigenvalue weighted by Crippen LogP contribution is 2.33. The number of carbonyl (C=O) groups excluding carboxylic acids is 2. The fraction of sp³-hybridized carbons (Fsp3) is 0.375. The summed E-state index contributed by atoms with van der Waals surface area (Å²) in [6.45, 7) is 5.85. The Labute approximate surface area is 124 Å². The van der Waals surface area contributed by atoms with Gasteiger partial charge in [-0.25, -0.2) is 4.79 Å². The van der Waals surface area contributed by atoms with E-state index >= 15 is 0 Å². The van der Waals surface area contributed by atoms with E-state index in [-0.39, 0.29) is 11.8 Å². The largest absolute Gasteiger partial charge is 0.493 e. The SMILES string of the molecule is CCCOc1ccccc1[C@H]1NC(=O)NC(C)=C1C(C)=O. The van der Waals surface area contributed by atoms with Crippen molar-refractivity contribution >= 4 is 11.8 Å². The molecule has 1 atom stereocenters. The zero-order valence-electron chi connectivity index (χ0n) is 12.5. The molecule has 21 heavy (non-hydrogen) atoms. The quantitative estimate of drug-likeness (QED) is 0.875. The molecule has 1 aliphatic rings. The smallest absolute Gasteiger partial charge is 0.319 e. The number of amides is 2. The van der Waals surface area contributed by atoms with Gasteiger partial charge in [0.2, 0.25) is 0 Å². The van der Waals surface area contributed by atoms with Crippen LogP contribution in [0.3, 0.4) is 0 Å². The van der Waals surface area contributed by atoms with Crippen LogP contribution in [0, 0.1) is 0 Å². The molecule has 0 aliphatic carbocycles. The lowest BCUT2D eigenvalue weighted by molar-refractivity contribution is -0.114. The Morgan fingerprint density at radius 1 is 1.33 bits per heavy atom. The summed E-state index contributed by atoms with van der Waals surface area (Å²) in [7, 11) is 0. The second-order valence-electron chi connectivity index (χ2n) is 5.01. The summed E-state index contributed by atoms with van der Waals surface area (Å²) >= 11 is 0. The summed E-state index contributed by atoms with van der Waals surface area (Å²) < 4.78 is 5.73. The Hall–Kier alpha value is -2.30. The maximum Gasteiger partial charge on any atom is 0.319 e. The molecule has 0 spiro atoms. The number of Topliss-reactive ketones (excluding diaryl/α,β-unsaturated/α-hetero) is 1. The van der Waals surface area contributed by atoms with Crippen LogP contribution in [0.5, 0.6) is 5.75 Å². The van der Waals surface area contributed by atoms with E-state index < -0.39 is 6.04 Å². The summed E-state index contributed by atoms with van der Waals surface area (Å²) in [5.41, 5.74) is 1.94. The Bertz CT molecular complexity index is 593. The van der Waals surface area contributed by atoms with E-state index in [1.165, 1.54) is 6.92 Å². The molecular formula is C16H20N2O3. The standard InChI is InChI=1S/C16H20N2O3/c1-4-9-21-13-8-6-5-7-12(13)15-14(11(3)19)10(2)17-16(20)18-15/h5-8,15H,4,9H2,1-3H3,(H2,17,18,20)/t15-/m1/s1. The molecule has 0 radical (unpaired) electrons. The number of urea groups is 1.